The number of rotatable bonds is 4. The Morgan fingerprint density at radius 3 is 2.89 bits per heavy atom. The summed E-state index contributed by atoms with van der Waals surface area (Å²) in [7, 11) is 0. The molecule has 0 bridgehead atoms. The topological polar surface area (TPSA) is 81.0 Å². The maximum absolute atomic E-state index is 11.0. The monoisotopic (exact) mass is 246 g/mol. The number of anilines is 1. The van der Waals surface area contributed by atoms with Crippen LogP contribution in [0.5, 0.6) is 0 Å². The van der Waals surface area contributed by atoms with Gasteiger partial charge >= 0.3 is 5.69 Å². The number of hydrogen-bond acceptors (Lipinski definition) is 5. The van der Waals surface area contributed by atoms with Crippen LogP contribution in [0, 0.1) is 16.0 Å². The molecule has 0 saturated heterocycles. The van der Waals surface area contributed by atoms with Crippen LogP contribution in [-0.4, -0.2) is 21.4 Å². The van der Waals surface area contributed by atoms with E-state index in [-0.39, 0.29) is 5.69 Å². The summed E-state index contributed by atoms with van der Waals surface area (Å²) in [6.07, 6.45) is 2.88. The van der Waals surface area contributed by atoms with Crippen molar-refractivity contribution in [2.75, 3.05) is 11.9 Å². The van der Waals surface area contributed by atoms with E-state index in [4.69, 9.17) is 0 Å². The smallest absolute Gasteiger partial charge is 0.312 e. The summed E-state index contributed by atoms with van der Waals surface area (Å²) < 4.78 is 0. The molecular weight excluding hydrogens is 232 g/mol. The minimum absolute atomic E-state index is 0.0400. The first kappa shape index (κ1) is 12.2. The van der Waals surface area contributed by atoms with Crippen LogP contribution < -0.4 is 5.32 Å². The van der Waals surface area contributed by atoms with Crippen LogP contribution in [0.15, 0.2) is 24.5 Å². The molecule has 18 heavy (non-hydrogen) atoms. The van der Waals surface area contributed by atoms with Gasteiger partial charge in [-0.2, -0.15) is 0 Å². The Morgan fingerprint density at radius 2 is 2.22 bits per heavy atom. The van der Waals surface area contributed by atoms with Gasteiger partial charge in [0, 0.05) is 12.7 Å². The van der Waals surface area contributed by atoms with Crippen molar-refractivity contribution in [2.45, 2.75) is 13.8 Å². The molecule has 6 heteroatoms. The van der Waals surface area contributed by atoms with Crippen LogP contribution >= 0.6 is 0 Å². The molecule has 0 atom stereocenters. The van der Waals surface area contributed by atoms with Crippen LogP contribution in [0.4, 0.5) is 11.4 Å². The van der Waals surface area contributed by atoms with Crippen LogP contribution in [0.25, 0.3) is 11.0 Å². The third kappa shape index (κ3) is 2.37. The molecule has 0 aromatic carbocycles. The highest BCUT2D eigenvalue weighted by Gasteiger charge is 2.18. The maximum atomic E-state index is 11.0. The predicted molar refractivity (Wildman–Crippen MR) is 69.5 cm³/mol. The van der Waals surface area contributed by atoms with Gasteiger partial charge in [-0.3, -0.25) is 15.1 Å². The van der Waals surface area contributed by atoms with E-state index in [1.807, 2.05) is 13.8 Å². The third-order valence-corrected chi connectivity index (χ3v) is 2.49. The average Bonchev–Trinajstić information content (AvgIpc) is 2.35. The van der Waals surface area contributed by atoms with E-state index in [0.717, 1.165) is 0 Å². The molecular formula is C12H14N4O2. The highest BCUT2D eigenvalue weighted by atomic mass is 16.6. The van der Waals surface area contributed by atoms with Crippen molar-refractivity contribution < 1.29 is 4.92 Å². The molecule has 0 fully saturated rings. The molecule has 0 unspecified atom stereocenters. The van der Waals surface area contributed by atoms with E-state index in [1.54, 1.807) is 18.3 Å². The number of pyridine rings is 2. The van der Waals surface area contributed by atoms with Crippen LogP contribution in [0.2, 0.25) is 0 Å². The third-order valence-electron chi connectivity index (χ3n) is 2.49. The van der Waals surface area contributed by atoms with E-state index < -0.39 is 4.92 Å². The Morgan fingerprint density at radius 1 is 1.44 bits per heavy atom. The molecule has 0 aliphatic carbocycles. The zero-order valence-electron chi connectivity index (χ0n) is 10.3. The molecule has 6 nitrogen and oxygen atoms in total. The summed E-state index contributed by atoms with van der Waals surface area (Å²) in [6, 6.07) is 3.54. The van der Waals surface area contributed by atoms with E-state index in [2.05, 4.69) is 15.3 Å². The first-order valence-electron chi connectivity index (χ1n) is 5.71. The number of nitrogens with one attached hydrogen (secondary N) is 1. The number of fused-ring (bicyclic) bond motifs is 1. The fourth-order valence-electron chi connectivity index (χ4n) is 1.63. The van der Waals surface area contributed by atoms with Gasteiger partial charge in [0.25, 0.3) is 0 Å². The maximum Gasteiger partial charge on any atom is 0.312 e. The molecule has 2 heterocycles. The lowest BCUT2D eigenvalue weighted by atomic mass is 10.2. The summed E-state index contributed by atoms with van der Waals surface area (Å²) in [6.45, 7) is 4.72. The number of nitro groups is 1. The van der Waals surface area contributed by atoms with Crippen molar-refractivity contribution in [3.05, 3.63) is 34.6 Å². The quantitative estimate of drug-likeness (QED) is 0.662. The van der Waals surface area contributed by atoms with Crippen molar-refractivity contribution >= 4 is 22.4 Å². The predicted octanol–water partition coefficient (Wildman–Crippen LogP) is 2.61. The van der Waals surface area contributed by atoms with Crippen LogP contribution in [0.3, 0.4) is 0 Å². The fourth-order valence-corrected chi connectivity index (χ4v) is 1.63. The SMILES string of the molecule is CC(C)CNc1c([N+](=O)[O-])cnc2cccnc12. The number of hydrogen-bond donors (Lipinski definition) is 1. The summed E-state index contributed by atoms with van der Waals surface area (Å²) >= 11 is 0. The summed E-state index contributed by atoms with van der Waals surface area (Å²) in [5, 5.41) is 14.1. The number of aromatic nitrogens is 2. The summed E-state index contributed by atoms with van der Waals surface area (Å²) in [5.41, 5.74) is 1.59. The van der Waals surface area contributed by atoms with Gasteiger partial charge in [0.05, 0.1) is 10.4 Å². The zero-order valence-corrected chi connectivity index (χ0v) is 10.3. The van der Waals surface area contributed by atoms with Gasteiger partial charge in [0.2, 0.25) is 0 Å². The van der Waals surface area contributed by atoms with Crippen molar-refractivity contribution in [3.8, 4) is 0 Å². The Balaban J connectivity index is 2.55. The van der Waals surface area contributed by atoms with Gasteiger partial charge in [-0.1, -0.05) is 13.8 Å². The highest BCUT2D eigenvalue weighted by molar-refractivity contribution is 5.92. The second-order valence-electron chi connectivity index (χ2n) is 4.42. The lowest BCUT2D eigenvalue weighted by Crippen LogP contribution is -2.10. The van der Waals surface area contributed by atoms with E-state index >= 15 is 0 Å². The fraction of sp³-hybridized carbons (Fsp3) is 0.333. The molecule has 0 spiro atoms. The van der Waals surface area contributed by atoms with Gasteiger partial charge in [0.1, 0.15) is 17.4 Å². The minimum atomic E-state index is -0.441. The first-order chi connectivity index (χ1) is 8.59. The Labute approximate surface area is 104 Å². The molecule has 2 aromatic rings. The van der Waals surface area contributed by atoms with E-state index in [1.165, 1.54) is 6.20 Å². The summed E-state index contributed by atoms with van der Waals surface area (Å²) in [5.74, 6) is 0.386. The van der Waals surface area contributed by atoms with Gasteiger partial charge in [0.15, 0.2) is 0 Å². The second-order valence-corrected chi connectivity index (χ2v) is 4.42. The highest BCUT2D eigenvalue weighted by Crippen LogP contribution is 2.29. The van der Waals surface area contributed by atoms with Crippen molar-refractivity contribution in [1.29, 1.82) is 0 Å². The van der Waals surface area contributed by atoms with Crippen LogP contribution in [-0.2, 0) is 0 Å². The van der Waals surface area contributed by atoms with Crippen molar-refractivity contribution in [3.63, 3.8) is 0 Å². The largest absolute Gasteiger partial charge is 0.377 e. The molecule has 1 N–H and O–H groups in total. The van der Waals surface area contributed by atoms with Gasteiger partial charge in [-0.15, -0.1) is 0 Å². The van der Waals surface area contributed by atoms with Crippen LogP contribution in [0.1, 0.15) is 13.8 Å². The lowest BCUT2D eigenvalue weighted by Gasteiger charge is -2.10. The number of nitrogens with zero attached hydrogens (tertiary/aromatic N) is 3. The van der Waals surface area contributed by atoms with E-state index in [0.29, 0.717) is 29.2 Å². The Hall–Kier alpha value is -2.24. The van der Waals surface area contributed by atoms with Gasteiger partial charge < -0.3 is 5.32 Å². The molecule has 0 amide bonds. The van der Waals surface area contributed by atoms with E-state index in [9.17, 15) is 10.1 Å². The zero-order chi connectivity index (χ0) is 13.1. The molecule has 2 rings (SSSR count). The molecule has 0 aliphatic heterocycles. The standard InChI is InChI=1S/C12H14N4O2/c1-8(2)6-15-12-10(16(17)18)7-14-9-4-3-5-13-11(9)12/h3-5,7-8H,6H2,1-2H3,(H,14,15). The Kier molecular flexibility index (Phi) is 3.36. The van der Waals surface area contributed by atoms with Gasteiger partial charge in [-0.05, 0) is 18.1 Å². The van der Waals surface area contributed by atoms with Crippen molar-refractivity contribution in [1.82, 2.24) is 9.97 Å². The minimum Gasteiger partial charge on any atom is -0.377 e. The normalized spacial score (nSPS) is 10.8. The molecule has 0 radical (unpaired) electrons. The van der Waals surface area contributed by atoms with Gasteiger partial charge in [-0.25, -0.2) is 4.98 Å². The molecule has 0 saturated carbocycles. The summed E-state index contributed by atoms with van der Waals surface area (Å²) in [4.78, 5) is 18.8. The molecule has 0 aliphatic rings. The van der Waals surface area contributed by atoms with Crippen molar-refractivity contribution in [2.24, 2.45) is 5.92 Å². The molecule has 94 valence electrons. The lowest BCUT2D eigenvalue weighted by molar-refractivity contribution is -0.384. The first-order valence-corrected chi connectivity index (χ1v) is 5.71. The molecule has 2 aromatic heterocycles. The average molecular weight is 246 g/mol. The Bertz CT molecular complexity index is 583. The second kappa shape index (κ2) is 4.95.